The number of nitrogen functional groups attached to an aromatic ring is 1. The smallest absolute Gasteiger partial charge is 0.272 e. The second-order valence-electron chi connectivity index (χ2n) is 8.99. The van der Waals surface area contributed by atoms with Crippen molar-refractivity contribution >= 4 is 67.6 Å². The summed E-state index contributed by atoms with van der Waals surface area (Å²) in [5.41, 5.74) is 15.7. The van der Waals surface area contributed by atoms with Gasteiger partial charge in [-0.25, -0.2) is 4.98 Å². The molecule has 0 aliphatic heterocycles. The van der Waals surface area contributed by atoms with Crippen molar-refractivity contribution in [1.29, 1.82) is 0 Å². The average Bonchev–Trinajstić information content (AvgIpc) is 3.54. The minimum atomic E-state index is -0.629. The van der Waals surface area contributed by atoms with E-state index in [9.17, 15) is 14.4 Å². The van der Waals surface area contributed by atoms with Crippen LogP contribution < -0.4 is 26.8 Å². The minimum Gasteiger partial charge on any atom is -0.495 e. The number of fused-ring (bicyclic) bond motifs is 2. The van der Waals surface area contributed by atoms with Gasteiger partial charge in [0.25, 0.3) is 5.91 Å². The number of pyridine rings is 1. The molecule has 5 rings (SSSR count). The van der Waals surface area contributed by atoms with E-state index < -0.39 is 11.8 Å². The lowest BCUT2D eigenvalue weighted by atomic mass is 10.0. The molecule has 2 aromatic carbocycles. The lowest BCUT2D eigenvalue weighted by Crippen LogP contribution is -2.32. The van der Waals surface area contributed by atoms with Crippen LogP contribution in [0.4, 0.5) is 11.5 Å². The topological polar surface area (TPSA) is 154 Å². The Bertz CT molecular complexity index is 1820. The number of hydrogen-bond acceptors (Lipinski definition) is 7. The molecule has 6 N–H and O–H groups in total. The standard InChI is InChI=1S/C29H26N6O4S/c1-35-21-6-4-3-5-17(21)11-22(35)29(38)34-20-9-7-16(12-23(20)39-2)19-15-40-27-18(13-33-28(31)26(19)27)8-10-25(37)32-14-24(30)36/h3-13,15H,14H2,1-2H3,(H2,30,36)(H2,31,33)(H,32,37)(H,34,38)/b10-8+. The van der Waals surface area contributed by atoms with E-state index in [1.165, 1.54) is 17.4 Å². The third kappa shape index (κ3) is 5.09. The molecule has 10 nitrogen and oxygen atoms in total. The number of thiophene rings is 1. The van der Waals surface area contributed by atoms with Gasteiger partial charge in [-0.15, -0.1) is 11.3 Å². The molecule has 0 atom stereocenters. The van der Waals surface area contributed by atoms with Crippen LogP contribution >= 0.6 is 11.3 Å². The van der Waals surface area contributed by atoms with Crippen molar-refractivity contribution in [3.05, 3.63) is 77.4 Å². The molecule has 0 bridgehead atoms. The lowest BCUT2D eigenvalue weighted by Gasteiger charge is -2.13. The molecule has 0 fully saturated rings. The SMILES string of the molecule is COc1cc(-c2csc3c(/C=C/C(=O)NCC(N)=O)cnc(N)c23)ccc1NC(=O)c1cc2ccccc2n1C. The van der Waals surface area contributed by atoms with Gasteiger partial charge in [0.2, 0.25) is 11.8 Å². The zero-order chi connectivity index (χ0) is 28.4. The molecule has 0 saturated carbocycles. The van der Waals surface area contributed by atoms with E-state index in [0.29, 0.717) is 28.5 Å². The number of aryl methyl sites for hydroxylation is 1. The van der Waals surface area contributed by atoms with Gasteiger partial charge in [0.05, 0.1) is 19.3 Å². The Balaban J connectivity index is 1.44. The first kappa shape index (κ1) is 26.4. The van der Waals surface area contributed by atoms with Crippen molar-refractivity contribution in [1.82, 2.24) is 14.9 Å². The summed E-state index contributed by atoms with van der Waals surface area (Å²) < 4.78 is 8.32. The molecule has 0 unspecified atom stereocenters. The zero-order valence-electron chi connectivity index (χ0n) is 21.7. The number of nitrogens with one attached hydrogen (secondary N) is 2. The van der Waals surface area contributed by atoms with Crippen LogP contribution in [0.15, 0.2) is 66.2 Å². The van der Waals surface area contributed by atoms with E-state index in [0.717, 1.165) is 32.1 Å². The van der Waals surface area contributed by atoms with Crippen LogP contribution in [0.25, 0.3) is 38.2 Å². The number of amides is 3. The zero-order valence-corrected chi connectivity index (χ0v) is 22.5. The molecule has 0 spiro atoms. The van der Waals surface area contributed by atoms with Crippen LogP contribution in [0.1, 0.15) is 16.1 Å². The number of ether oxygens (including phenoxy) is 1. The van der Waals surface area contributed by atoms with Gasteiger partial charge in [0.15, 0.2) is 0 Å². The maximum absolute atomic E-state index is 13.2. The van der Waals surface area contributed by atoms with Gasteiger partial charge < -0.3 is 31.4 Å². The van der Waals surface area contributed by atoms with Crippen LogP contribution in [-0.2, 0) is 16.6 Å². The van der Waals surface area contributed by atoms with Gasteiger partial charge >= 0.3 is 0 Å². The number of carbonyl (C=O) groups excluding carboxylic acids is 3. The van der Waals surface area contributed by atoms with Crippen LogP contribution in [0.2, 0.25) is 0 Å². The third-order valence-electron chi connectivity index (χ3n) is 6.45. The van der Waals surface area contributed by atoms with Crippen molar-refractivity contribution in [3.8, 4) is 16.9 Å². The van der Waals surface area contributed by atoms with Crippen molar-refractivity contribution < 1.29 is 19.1 Å². The monoisotopic (exact) mass is 554 g/mol. The fraction of sp³-hybridized carbons (Fsp3) is 0.103. The lowest BCUT2D eigenvalue weighted by molar-refractivity contribution is -0.122. The second-order valence-corrected chi connectivity index (χ2v) is 9.87. The number of nitrogens with zero attached hydrogens (tertiary/aromatic N) is 2. The van der Waals surface area contributed by atoms with Gasteiger partial charge in [-0.2, -0.15) is 0 Å². The molecule has 0 aliphatic rings. The molecular weight excluding hydrogens is 528 g/mol. The number of anilines is 2. The Morgan fingerprint density at radius 1 is 1.15 bits per heavy atom. The highest BCUT2D eigenvalue weighted by Gasteiger charge is 2.18. The summed E-state index contributed by atoms with van der Waals surface area (Å²) in [5, 5.41) is 9.04. The fourth-order valence-electron chi connectivity index (χ4n) is 4.47. The molecule has 202 valence electrons. The number of nitrogens with two attached hydrogens (primary N) is 2. The van der Waals surface area contributed by atoms with E-state index in [4.69, 9.17) is 16.2 Å². The van der Waals surface area contributed by atoms with Gasteiger partial charge in [0.1, 0.15) is 17.3 Å². The number of methoxy groups -OCH3 is 1. The van der Waals surface area contributed by atoms with Crippen molar-refractivity contribution in [2.24, 2.45) is 12.8 Å². The number of primary amides is 1. The highest BCUT2D eigenvalue weighted by atomic mass is 32.1. The van der Waals surface area contributed by atoms with E-state index in [-0.39, 0.29) is 12.5 Å². The fourth-order valence-corrected chi connectivity index (χ4v) is 5.55. The Morgan fingerprint density at radius 3 is 2.70 bits per heavy atom. The molecule has 11 heteroatoms. The molecule has 3 aromatic heterocycles. The predicted octanol–water partition coefficient (Wildman–Crippen LogP) is 3.91. The van der Waals surface area contributed by atoms with Gasteiger partial charge in [0, 0.05) is 51.4 Å². The number of benzene rings is 2. The second kappa shape index (κ2) is 10.9. The molecule has 0 aliphatic carbocycles. The van der Waals surface area contributed by atoms with Crippen LogP contribution in [0, 0.1) is 0 Å². The van der Waals surface area contributed by atoms with E-state index >= 15 is 0 Å². The molecule has 0 saturated heterocycles. The first-order chi connectivity index (χ1) is 19.3. The molecule has 40 heavy (non-hydrogen) atoms. The van der Waals surface area contributed by atoms with Crippen LogP contribution in [-0.4, -0.2) is 40.9 Å². The van der Waals surface area contributed by atoms with Crippen molar-refractivity contribution in [3.63, 3.8) is 0 Å². The summed E-state index contributed by atoms with van der Waals surface area (Å²) >= 11 is 1.46. The van der Waals surface area contributed by atoms with Gasteiger partial charge in [-0.1, -0.05) is 24.3 Å². The summed E-state index contributed by atoms with van der Waals surface area (Å²) in [4.78, 5) is 40.4. The molecule has 3 amide bonds. The molecule has 3 heterocycles. The normalized spacial score (nSPS) is 11.2. The number of carbonyl (C=O) groups is 3. The Morgan fingerprint density at radius 2 is 1.95 bits per heavy atom. The summed E-state index contributed by atoms with van der Waals surface area (Å²) in [6.07, 6.45) is 4.50. The summed E-state index contributed by atoms with van der Waals surface area (Å²) in [7, 11) is 3.40. The molecular formula is C29H26N6O4S. The third-order valence-corrected chi connectivity index (χ3v) is 7.48. The van der Waals surface area contributed by atoms with Crippen molar-refractivity contribution in [2.45, 2.75) is 0 Å². The van der Waals surface area contributed by atoms with Crippen LogP contribution in [0.5, 0.6) is 5.75 Å². The van der Waals surface area contributed by atoms with Gasteiger partial charge in [-0.05, 0) is 41.3 Å². The highest BCUT2D eigenvalue weighted by molar-refractivity contribution is 7.18. The van der Waals surface area contributed by atoms with Crippen LogP contribution in [0.3, 0.4) is 0 Å². The average molecular weight is 555 g/mol. The Hall–Kier alpha value is -5.16. The summed E-state index contributed by atoms with van der Waals surface area (Å²) in [6.45, 7) is -0.248. The highest BCUT2D eigenvalue weighted by Crippen LogP contribution is 2.41. The first-order valence-corrected chi connectivity index (χ1v) is 13.1. The Labute approximate surface area is 233 Å². The maximum Gasteiger partial charge on any atom is 0.272 e. The largest absolute Gasteiger partial charge is 0.495 e. The number of para-hydroxylation sites is 1. The molecule has 5 aromatic rings. The number of aromatic nitrogens is 2. The maximum atomic E-state index is 13.2. The van der Waals surface area contributed by atoms with Gasteiger partial charge in [-0.3, -0.25) is 14.4 Å². The minimum absolute atomic E-state index is 0.248. The van der Waals surface area contributed by atoms with E-state index in [1.807, 2.05) is 59.5 Å². The molecule has 0 radical (unpaired) electrons. The van der Waals surface area contributed by atoms with E-state index in [1.54, 1.807) is 25.4 Å². The summed E-state index contributed by atoms with van der Waals surface area (Å²) in [6, 6.07) is 15.1. The Kier molecular flexibility index (Phi) is 7.21. The quantitative estimate of drug-likeness (QED) is 0.213. The number of hydrogen-bond donors (Lipinski definition) is 4. The number of rotatable bonds is 8. The first-order valence-electron chi connectivity index (χ1n) is 12.2. The predicted molar refractivity (Wildman–Crippen MR) is 158 cm³/mol. The summed E-state index contributed by atoms with van der Waals surface area (Å²) in [5.74, 6) is -0.510. The van der Waals surface area contributed by atoms with E-state index in [2.05, 4.69) is 15.6 Å². The van der Waals surface area contributed by atoms with Crippen molar-refractivity contribution in [2.75, 3.05) is 24.7 Å².